The van der Waals surface area contributed by atoms with Crippen molar-refractivity contribution < 1.29 is 9.26 Å². The summed E-state index contributed by atoms with van der Waals surface area (Å²) in [6.07, 6.45) is 1.81. The summed E-state index contributed by atoms with van der Waals surface area (Å²) < 4.78 is 10.5. The van der Waals surface area contributed by atoms with Gasteiger partial charge in [0.25, 0.3) is 5.89 Å². The zero-order valence-electron chi connectivity index (χ0n) is 9.72. The fourth-order valence-corrected chi connectivity index (χ4v) is 1.43. The number of nitrogens with zero attached hydrogens (tertiary/aromatic N) is 2. The second-order valence-corrected chi connectivity index (χ2v) is 3.68. The van der Waals surface area contributed by atoms with E-state index in [0.717, 1.165) is 12.8 Å². The molecule has 0 amide bonds. The number of nitrogen functional groups attached to an aromatic ring is 1. The van der Waals surface area contributed by atoms with E-state index in [2.05, 4.69) is 17.1 Å². The summed E-state index contributed by atoms with van der Waals surface area (Å²) in [5.74, 6) is 1.81. The lowest BCUT2D eigenvalue weighted by molar-refractivity contribution is 0.243. The van der Waals surface area contributed by atoms with E-state index in [1.54, 1.807) is 12.1 Å². The minimum Gasteiger partial charge on any atom is -0.482 e. The van der Waals surface area contributed by atoms with Crippen molar-refractivity contribution in [1.29, 1.82) is 0 Å². The number of ether oxygens (including phenoxy) is 1. The van der Waals surface area contributed by atoms with Crippen LogP contribution in [0.15, 0.2) is 28.8 Å². The summed E-state index contributed by atoms with van der Waals surface area (Å²) >= 11 is 0. The Bertz CT molecular complexity index is 482. The predicted molar refractivity (Wildman–Crippen MR) is 63.5 cm³/mol. The smallest absolute Gasteiger partial charge is 0.264 e. The first kappa shape index (κ1) is 11.4. The first-order valence-electron chi connectivity index (χ1n) is 5.58. The van der Waals surface area contributed by atoms with Gasteiger partial charge in [-0.15, -0.1) is 0 Å². The Morgan fingerprint density at radius 2 is 2.18 bits per heavy atom. The molecule has 1 aromatic carbocycles. The van der Waals surface area contributed by atoms with Gasteiger partial charge in [-0.3, -0.25) is 0 Å². The van der Waals surface area contributed by atoms with E-state index in [1.807, 2.05) is 12.1 Å². The Labute approximate surface area is 99.6 Å². The van der Waals surface area contributed by atoms with E-state index in [9.17, 15) is 0 Å². The Hall–Kier alpha value is -2.04. The second-order valence-electron chi connectivity index (χ2n) is 3.68. The third-order valence-electron chi connectivity index (χ3n) is 2.25. The zero-order chi connectivity index (χ0) is 12.1. The van der Waals surface area contributed by atoms with Crippen molar-refractivity contribution in [3.63, 3.8) is 0 Å². The Morgan fingerprint density at radius 1 is 1.35 bits per heavy atom. The van der Waals surface area contributed by atoms with Gasteiger partial charge in [-0.05, 0) is 18.6 Å². The highest BCUT2D eigenvalue weighted by Gasteiger charge is 2.07. The second kappa shape index (κ2) is 5.34. The minimum atomic E-state index is 0.241. The van der Waals surface area contributed by atoms with Crippen LogP contribution in [-0.4, -0.2) is 10.1 Å². The largest absolute Gasteiger partial charge is 0.482 e. The highest BCUT2D eigenvalue weighted by molar-refractivity contribution is 5.51. The van der Waals surface area contributed by atoms with E-state index in [1.165, 1.54) is 0 Å². The third kappa shape index (κ3) is 2.96. The van der Waals surface area contributed by atoms with Gasteiger partial charge < -0.3 is 15.0 Å². The molecule has 0 fully saturated rings. The molecule has 0 aliphatic carbocycles. The molecule has 0 unspecified atom stereocenters. The summed E-state index contributed by atoms with van der Waals surface area (Å²) in [5.41, 5.74) is 6.34. The number of aromatic nitrogens is 2. The lowest BCUT2D eigenvalue weighted by atomic mass is 10.3. The van der Waals surface area contributed by atoms with Gasteiger partial charge >= 0.3 is 0 Å². The highest BCUT2D eigenvalue weighted by Crippen LogP contribution is 2.20. The minimum absolute atomic E-state index is 0.241. The maximum Gasteiger partial charge on any atom is 0.264 e. The van der Waals surface area contributed by atoms with E-state index in [-0.39, 0.29) is 6.61 Å². The van der Waals surface area contributed by atoms with Crippen LogP contribution in [0.3, 0.4) is 0 Å². The van der Waals surface area contributed by atoms with Gasteiger partial charge in [-0.1, -0.05) is 24.2 Å². The molecule has 0 spiro atoms. The van der Waals surface area contributed by atoms with Crippen molar-refractivity contribution in [2.24, 2.45) is 0 Å². The number of aryl methyl sites for hydroxylation is 1. The van der Waals surface area contributed by atoms with E-state index < -0.39 is 0 Å². The number of hydrogen-bond donors (Lipinski definition) is 1. The SMILES string of the molecule is CCCc1noc(COc2ccccc2N)n1. The van der Waals surface area contributed by atoms with E-state index in [4.69, 9.17) is 15.0 Å². The topological polar surface area (TPSA) is 74.2 Å². The standard InChI is InChI=1S/C12H15N3O2/c1-2-5-11-14-12(17-15-11)8-16-10-7-4-3-6-9(10)13/h3-4,6-7H,2,5,8,13H2,1H3. The lowest BCUT2D eigenvalue weighted by Gasteiger charge is -2.05. The summed E-state index contributed by atoms with van der Waals surface area (Å²) in [6.45, 7) is 2.31. The molecule has 0 aliphatic rings. The Balaban J connectivity index is 1.95. The van der Waals surface area contributed by atoms with Gasteiger partial charge in [0.05, 0.1) is 5.69 Å². The molecular formula is C12H15N3O2. The molecule has 0 saturated heterocycles. The molecule has 0 radical (unpaired) electrons. The number of rotatable bonds is 5. The predicted octanol–water partition coefficient (Wildman–Crippen LogP) is 2.18. The third-order valence-corrected chi connectivity index (χ3v) is 2.25. The van der Waals surface area contributed by atoms with Gasteiger partial charge in [-0.2, -0.15) is 4.98 Å². The van der Waals surface area contributed by atoms with Crippen LogP contribution in [0.25, 0.3) is 0 Å². The molecule has 0 atom stereocenters. The number of hydrogen-bond acceptors (Lipinski definition) is 5. The number of anilines is 1. The first-order valence-corrected chi connectivity index (χ1v) is 5.58. The molecule has 5 nitrogen and oxygen atoms in total. The first-order chi connectivity index (χ1) is 8.29. The number of nitrogens with two attached hydrogens (primary N) is 1. The van der Waals surface area contributed by atoms with Crippen LogP contribution in [0.2, 0.25) is 0 Å². The molecule has 2 aromatic rings. The molecule has 2 N–H and O–H groups in total. The summed E-state index contributed by atoms with van der Waals surface area (Å²) in [4.78, 5) is 4.20. The van der Waals surface area contributed by atoms with Crippen molar-refractivity contribution in [2.75, 3.05) is 5.73 Å². The van der Waals surface area contributed by atoms with Crippen LogP contribution in [-0.2, 0) is 13.0 Å². The average molecular weight is 233 g/mol. The van der Waals surface area contributed by atoms with Gasteiger partial charge in [0.2, 0.25) is 0 Å². The zero-order valence-corrected chi connectivity index (χ0v) is 9.72. The number of benzene rings is 1. The maximum atomic E-state index is 5.75. The molecule has 2 rings (SSSR count). The fourth-order valence-electron chi connectivity index (χ4n) is 1.43. The van der Waals surface area contributed by atoms with Crippen molar-refractivity contribution in [3.8, 4) is 5.75 Å². The highest BCUT2D eigenvalue weighted by atomic mass is 16.5. The quantitative estimate of drug-likeness (QED) is 0.801. The summed E-state index contributed by atoms with van der Waals surface area (Å²) in [5, 5.41) is 3.84. The van der Waals surface area contributed by atoms with Crippen LogP contribution >= 0.6 is 0 Å². The van der Waals surface area contributed by atoms with Gasteiger partial charge in [-0.25, -0.2) is 0 Å². The van der Waals surface area contributed by atoms with Crippen LogP contribution in [0, 0.1) is 0 Å². The van der Waals surface area contributed by atoms with Crippen LogP contribution in [0.1, 0.15) is 25.1 Å². The van der Waals surface area contributed by atoms with Crippen molar-refractivity contribution >= 4 is 5.69 Å². The van der Waals surface area contributed by atoms with E-state index >= 15 is 0 Å². The molecule has 1 aromatic heterocycles. The fraction of sp³-hybridized carbons (Fsp3) is 0.333. The van der Waals surface area contributed by atoms with Crippen molar-refractivity contribution in [2.45, 2.75) is 26.4 Å². The van der Waals surface area contributed by atoms with Gasteiger partial charge in [0, 0.05) is 6.42 Å². The summed E-state index contributed by atoms with van der Waals surface area (Å²) in [7, 11) is 0. The lowest BCUT2D eigenvalue weighted by Crippen LogP contribution is -1.99. The molecule has 5 heteroatoms. The molecule has 0 aliphatic heterocycles. The number of para-hydroxylation sites is 2. The van der Waals surface area contributed by atoms with Crippen LogP contribution in [0.4, 0.5) is 5.69 Å². The Kier molecular flexibility index (Phi) is 3.59. The van der Waals surface area contributed by atoms with E-state index in [0.29, 0.717) is 23.2 Å². The molecule has 17 heavy (non-hydrogen) atoms. The molecule has 90 valence electrons. The molecular weight excluding hydrogens is 218 g/mol. The monoisotopic (exact) mass is 233 g/mol. The van der Waals surface area contributed by atoms with Crippen LogP contribution in [0.5, 0.6) is 5.75 Å². The van der Waals surface area contributed by atoms with Crippen LogP contribution < -0.4 is 10.5 Å². The molecule has 0 bridgehead atoms. The normalized spacial score (nSPS) is 10.4. The van der Waals surface area contributed by atoms with Gasteiger partial charge in [0.15, 0.2) is 12.4 Å². The molecule has 0 saturated carbocycles. The molecule has 1 heterocycles. The van der Waals surface area contributed by atoms with Crippen molar-refractivity contribution in [3.05, 3.63) is 36.0 Å². The average Bonchev–Trinajstić information content (AvgIpc) is 2.76. The maximum absolute atomic E-state index is 5.75. The summed E-state index contributed by atoms with van der Waals surface area (Å²) in [6, 6.07) is 7.31. The van der Waals surface area contributed by atoms with Crippen molar-refractivity contribution in [1.82, 2.24) is 10.1 Å². The van der Waals surface area contributed by atoms with Gasteiger partial charge in [0.1, 0.15) is 5.75 Å². The Morgan fingerprint density at radius 3 is 2.94 bits per heavy atom.